The molecule has 0 aromatic heterocycles. The first-order chi connectivity index (χ1) is 11.6. The summed E-state index contributed by atoms with van der Waals surface area (Å²) in [6.45, 7) is 0.185. The number of halogens is 1. The summed E-state index contributed by atoms with van der Waals surface area (Å²) in [5.74, 6) is 0.824. The molecule has 1 aromatic rings. The number of hydrogen-bond donors (Lipinski definition) is 0. The average molecular weight is 389 g/mol. The first kappa shape index (κ1) is 14.2. The van der Waals surface area contributed by atoms with Gasteiger partial charge in [0.15, 0.2) is 11.5 Å². The van der Waals surface area contributed by atoms with Crippen LogP contribution in [-0.2, 0) is 9.59 Å². The van der Waals surface area contributed by atoms with Gasteiger partial charge in [0, 0.05) is 10.0 Å². The molecule has 1 saturated carbocycles. The first-order valence-corrected chi connectivity index (χ1v) is 8.62. The fraction of sp³-hybridized carbons (Fsp3) is 0.353. The van der Waals surface area contributed by atoms with E-state index in [1.165, 1.54) is 6.21 Å². The molecule has 4 aliphatic rings. The number of hydrogen-bond acceptors (Lipinski definition) is 5. The molecule has 1 saturated heterocycles. The lowest BCUT2D eigenvalue weighted by Gasteiger charge is -2.13. The zero-order valence-corrected chi connectivity index (χ0v) is 14.1. The van der Waals surface area contributed by atoms with Gasteiger partial charge in [-0.3, -0.25) is 9.59 Å². The molecule has 0 spiro atoms. The van der Waals surface area contributed by atoms with Crippen molar-refractivity contribution >= 4 is 34.0 Å². The van der Waals surface area contributed by atoms with Crippen LogP contribution in [0.3, 0.4) is 0 Å². The number of carbonyl (C=O) groups is 2. The highest BCUT2D eigenvalue weighted by Crippen LogP contribution is 2.52. The van der Waals surface area contributed by atoms with Gasteiger partial charge in [0.2, 0.25) is 6.79 Å². The van der Waals surface area contributed by atoms with Crippen molar-refractivity contribution in [2.24, 2.45) is 28.8 Å². The molecule has 0 N–H and O–H groups in total. The van der Waals surface area contributed by atoms with Crippen molar-refractivity contribution < 1.29 is 19.1 Å². The number of ether oxygens (including phenoxy) is 2. The van der Waals surface area contributed by atoms with E-state index in [0.717, 1.165) is 21.5 Å². The van der Waals surface area contributed by atoms with Crippen LogP contribution in [0.4, 0.5) is 0 Å². The Morgan fingerprint density at radius 2 is 1.71 bits per heavy atom. The van der Waals surface area contributed by atoms with Crippen LogP contribution in [-0.4, -0.2) is 29.8 Å². The van der Waals surface area contributed by atoms with Gasteiger partial charge in [-0.25, -0.2) is 0 Å². The number of allylic oxidation sites excluding steroid dienone is 2. The van der Waals surface area contributed by atoms with Gasteiger partial charge in [-0.2, -0.15) is 10.1 Å². The Bertz CT molecular complexity index is 804. The van der Waals surface area contributed by atoms with E-state index < -0.39 is 0 Å². The lowest BCUT2D eigenvalue weighted by Crippen LogP contribution is -2.28. The van der Waals surface area contributed by atoms with Gasteiger partial charge in [0.05, 0.1) is 18.1 Å². The smallest absolute Gasteiger partial charge is 0.254 e. The van der Waals surface area contributed by atoms with Crippen LogP contribution in [0.5, 0.6) is 11.5 Å². The number of fused-ring (bicyclic) bond motifs is 6. The minimum absolute atomic E-state index is 0.185. The standard InChI is InChI=1S/C17H13BrN2O4/c18-11-5-13-12(23-7-24-13)4-10(11)6-19-20-16(21)14-8-1-2-9(3-8)15(14)17(20)22/h1-2,4-6,8-9,14-15H,3,7H2. The Labute approximate surface area is 146 Å². The maximum Gasteiger partial charge on any atom is 0.254 e. The van der Waals surface area contributed by atoms with Crippen molar-refractivity contribution in [3.05, 3.63) is 34.3 Å². The maximum atomic E-state index is 12.6. The SMILES string of the molecule is O=C1C2C3C=CC(C3)C2C(=O)N1N=Cc1cc2c(cc1Br)OCO2. The maximum absolute atomic E-state index is 12.6. The lowest BCUT2D eigenvalue weighted by atomic mass is 9.85. The number of amides is 2. The normalized spacial score (nSPS) is 32.5. The third-order valence-corrected chi connectivity index (χ3v) is 5.94. The summed E-state index contributed by atoms with van der Waals surface area (Å²) in [5.41, 5.74) is 0.720. The van der Waals surface area contributed by atoms with Crippen LogP contribution in [0, 0.1) is 23.7 Å². The monoisotopic (exact) mass is 388 g/mol. The Hall–Kier alpha value is -2.15. The molecule has 2 aliphatic carbocycles. The molecule has 6 nitrogen and oxygen atoms in total. The topological polar surface area (TPSA) is 68.2 Å². The predicted molar refractivity (Wildman–Crippen MR) is 87.4 cm³/mol. The molecular formula is C17H13BrN2O4. The van der Waals surface area contributed by atoms with E-state index in [-0.39, 0.29) is 42.3 Å². The van der Waals surface area contributed by atoms with Crippen molar-refractivity contribution in [3.8, 4) is 11.5 Å². The Balaban J connectivity index is 1.44. The van der Waals surface area contributed by atoms with Crippen LogP contribution >= 0.6 is 15.9 Å². The van der Waals surface area contributed by atoms with Gasteiger partial charge < -0.3 is 9.47 Å². The van der Waals surface area contributed by atoms with Crippen molar-refractivity contribution in [2.75, 3.05) is 6.79 Å². The van der Waals surface area contributed by atoms with Gasteiger partial charge in [0.1, 0.15) is 0 Å². The van der Waals surface area contributed by atoms with Crippen LogP contribution in [0.25, 0.3) is 0 Å². The average Bonchev–Trinajstić information content (AvgIpc) is 3.31. The van der Waals surface area contributed by atoms with E-state index in [4.69, 9.17) is 9.47 Å². The lowest BCUT2D eigenvalue weighted by molar-refractivity contribution is -0.140. The van der Waals surface area contributed by atoms with Crippen LogP contribution in [0.15, 0.2) is 33.9 Å². The molecule has 122 valence electrons. The summed E-state index contributed by atoms with van der Waals surface area (Å²) in [4.78, 5) is 25.2. The second-order valence-electron chi connectivity index (χ2n) is 6.46. The fourth-order valence-electron chi connectivity index (χ4n) is 4.15. The van der Waals surface area contributed by atoms with Crippen LogP contribution in [0.2, 0.25) is 0 Å². The molecule has 2 aliphatic heterocycles. The highest BCUT2D eigenvalue weighted by atomic mass is 79.9. The highest BCUT2D eigenvalue weighted by molar-refractivity contribution is 9.10. The van der Waals surface area contributed by atoms with Crippen LogP contribution in [0.1, 0.15) is 12.0 Å². The van der Waals surface area contributed by atoms with E-state index in [1.807, 2.05) is 0 Å². The van der Waals surface area contributed by atoms with Crippen molar-refractivity contribution in [2.45, 2.75) is 6.42 Å². The third-order valence-electron chi connectivity index (χ3n) is 5.25. The van der Waals surface area contributed by atoms with Crippen molar-refractivity contribution in [1.82, 2.24) is 5.01 Å². The summed E-state index contributed by atoms with van der Waals surface area (Å²) < 4.78 is 11.4. The van der Waals surface area contributed by atoms with E-state index in [9.17, 15) is 9.59 Å². The fourth-order valence-corrected chi connectivity index (χ4v) is 4.58. The van der Waals surface area contributed by atoms with Gasteiger partial charge in [-0.05, 0) is 46.3 Å². The molecule has 4 atom stereocenters. The second kappa shape index (κ2) is 4.92. The summed E-state index contributed by atoms with van der Waals surface area (Å²) in [5, 5.41) is 5.22. The van der Waals surface area contributed by atoms with E-state index in [1.54, 1.807) is 12.1 Å². The van der Waals surface area contributed by atoms with Gasteiger partial charge in [-0.15, -0.1) is 0 Å². The number of benzene rings is 1. The molecule has 5 rings (SSSR count). The summed E-state index contributed by atoms with van der Waals surface area (Å²) in [7, 11) is 0. The zero-order chi connectivity index (χ0) is 16.4. The number of imide groups is 1. The molecule has 2 fully saturated rings. The second-order valence-corrected chi connectivity index (χ2v) is 7.31. The quantitative estimate of drug-likeness (QED) is 0.442. The summed E-state index contributed by atoms with van der Waals surface area (Å²) in [6, 6.07) is 3.56. The minimum Gasteiger partial charge on any atom is -0.454 e. The molecule has 0 radical (unpaired) electrons. The zero-order valence-electron chi connectivity index (χ0n) is 12.5. The molecule has 2 amide bonds. The van der Waals surface area contributed by atoms with Gasteiger partial charge in [0.25, 0.3) is 11.8 Å². The van der Waals surface area contributed by atoms with Crippen molar-refractivity contribution in [3.63, 3.8) is 0 Å². The minimum atomic E-state index is -0.232. The Morgan fingerprint density at radius 1 is 1.08 bits per heavy atom. The molecule has 2 heterocycles. The van der Waals surface area contributed by atoms with Crippen molar-refractivity contribution in [1.29, 1.82) is 0 Å². The molecular weight excluding hydrogens is 376 g/mol. The van der Waals surface area contributed by atoms with Gasteiger partial charge >= 0.3 is 0 Å². The predicted octanol–water partition coefficient (Wildman–Crippen LogP) is 2.32. The number of rotatable bonds is 2. The third kappa shape index (κ3) is 1.84. The van der Waals surface area contributed by atoms with E-state index >= 15 is 0 Å². The molecule has 2 bridgehead atoms. The first-order valence-electron chi connectivity index (χ1n) is 7.83. The molecule has 7 heteroatoms. The highest BCUT2D eigenvalue weighted by Gasteiger charge is 2.59. The summed E-state index contributed by atoms with van der Waals surface area (Å²) >= 11 is 3.44. The molecule has 1 aromatic carbocycles. The number of hydrazone groups is 1. The summed E-state index contributed by atoms with van der Waals surface area (Å²) in [6.07, 6.45) is 6.56. The van der Waals surface area contributed by atoms with Gasteiger partial charge in [-0.1, -0.05) is 12.2 Å². The largest absolute Gasteiger partial charge is 0.454 e. The number of carbonyl (C=O) groups excluding carboxylic acids is 2. The molecule has 4 unspecified atom stereocenters. The molecule has 24 heavy (non-hydrogen) atoms. The van der Waals surface area contributed by atoms with E-state index in [2.05, 4.69) is 33.2 Å². The number of nitrogens with zero attached hydrogens (tertiary/aromatic N) is 2. The Morgan fingerprint density at radius 3 is 2.38 bits per heavy atom. The van der Waals surface area contributed by atoms with E-state index in [0.29, 0.717) is 11.5 Å². The van der Waals surface area contributed by atoms with Crippen LogP contribution < -0.4 is 9.47 Å². The Kier molecular flexibility index (Phi) is 2.92.